The van der Waals surface area contributed by atoms with E-state index in [1.165, 1.54) is 22.7 Å². The minimum Gasteiger partial charge on any atom is -0.462 e. The second-order valence-corrected chi connectivity index (χ2v) is 8.35. The fourth-order valence-electron chi connectivity index (χ4n) is 3.50. The highest BCUT2D eigenvalue weighted by Crippen LogP contribution is 2.28. The predicted octanol–water partition coefficient (Wildman–Crippen LogP) is 4.20. The summed E-state index contributed by atoms with van der Waals surface area (Å²) >= 11 is 0. The van der Waals surface area contributed by atoms with Gasteiger partial charge in [0.15, 0.2) is 0 Å². The van der Waals surface area contributed by atoms with Crippen molar-refractivity contribution in [1.82, 2.24) is 9.88 Å². The van der Waals surface area contributed by atoms with Crippen molar-refractivity contribution in [2.24, 2.45) is 0 Å². The molecule has 3 aromatic rings. The molecule has 4 rings (SSSR count). The van der Waals surface area contributed by atoms with Gasteiger partial charge in [-0.25, -0.2) is 4.39 Å². The van der Waals surface area contributed by atoms with Crippen molar-refractivity contribution in [2.45, 2.75) is 32.9 Å². The van der Waals surface area contributed by atoms with Gasteiger partial charge < -0.3 is 19.5 Å². The number of benzene rings is 2. The molecule has 1 aromatic heterocycles. The Morgan fingerprint density at radius 2 is 1.83 bits per heavy atom. The van der Waals surface area contributed by atoms with Crippen LogP contribution in [0.25, 0.3) is 10.9 Å². The van der Waals surface area contributed by atoms with Crippen molar-refractivity contribution in [3.8, 4) is 0 Å². The Hall–Kier alpha value is -2.86. The van der Waals surface area contributed by atoms with Gasteiger partial charge in [-0.2, -0.15) is 0 Å². The van der Waals surface area contributed by atoms with Crippen molar-refractivity contribution in [1.29, 1.82) is 0 Å². The highest BCUT2D eigenvalue weighted by molar-refractivity contribution is 5.93. The molecule has 0 bridgehead atoms. The maximum atomic E-state index is 13.4. The summed E-state index contributed by atoms with van der Waals surface area (Å²) in [6.45, 7) is 10.7. The van der Waals surface area contributed by atoms with E-state index in [4.69, 9.17) is 0 Å². The highest BCUT2D eigenvalue weighted by atomic mass is 19.1. The molecule has 0 spiro atoms. The van der Waals surface area contributed by atoms with Crippen LogP contribution in [-0.4, -0.2) is 42.8 Å². The molecular weight excluding hydrogens is 381 g/mol. The average molecular weight is 412 g/mol. The van der Waals surface area contributed by atoms with Crippen LogP contribution in [0.3, 0.4) is 0 Å². The Bertz CT molecular complexity index is 972. The van der Waals surface area contributed by atoms with Gasteiger partial charge in [0.25, 0.3) is 6.47 Å². The third-order valence-corrected chi connectivity index (χ3v) is 4.89. The number of carbonyl (C=O) groups is 1. The van der Waals surface area contributed by atoms with Gasteiger partial charge in [0.2, 0.25) is 0 Å². The molecule has 1 aliphatic heterocycles. The molecule has 6 heteroatoms. The van der Waals surface area contributed by atoms with Crippen molar-refractivity contribution in [2.75, 3.05) is 31.1 Å². The summed E-state index contributed by atoms with van der Waals surface area (Å²) in [6.07, 6.45) is 2.10. The molecule has 30 heavy (non-hydrogen) atoms. The van der Waals surface area contributed by atoms with Crippen molar-refractivity contribution < 1.29 is 13.9 Å². The van der Waals surface area contributed by atoms with Gasteiger partial charge >= 0.3 is 0 Å². The van der Waals surface area contributed by atoms with Crippen LogP contribution >= 0.6 is 0 Å². The fourth-order valence-corrected chi connectivity index (χ4v) is 3.50. The first-order valence-electron chi connectivity index (χ1n) is 10.3. The van der Waals surface area contributed by atoms with Gasteiger partial charge in [0.1, 0.15) is 11.4 Å². The molecule has 5 nitrogen and oxygen atoms in total. The molecule has 0 unspecified atom stereocenters. The molecule has 1 N–H and O–H groups in total. The minimum absolute atomic E-state index is 0.180. The first kappa shape index (κ1) is 21.8. The Morgan fingerprint density at radius 1 is 1.10 bits per heavy atom. The van der Waals surface area contributed by atoms with E-state index in [2.05, 4.69) is 50.0 Å². The number of nitrogens with zero attached hydrogens (tertiary/aromatic N) is 2. The predicted molar refractivity (Wildman–Crippen MR) is 119 cm³/mol. The summed E-state index contributed by atoms with van der Waals surface area (Å²) in [6, 6.07) is 15.4. The largest absolute Gasteiger partial charge is 0.462 e. The monoisotopic (exact) mass is 411 g/mol. The van der Waals surface area contributed by atoms with Crippen LogP contribution in [0.5, 0.6) is 0 Å². The van der Waals surface area contributed by atoms with E-state index in [1.54, 1.807) is 12.1 Å². The van der Waals surface area contributed by atoms with E-state index in [0.717, 1.165) is 31.7 Å². The number of fused-ring (bicyclic) bond motifs is 1. The number of anilines is 1. The first-order valence-corrected chi connectivity index (χ1v) is 10.3. The second-order valence-electron chi connectivity index (χ2n) is 8.35. The number of ether oxygens (including phenoxy) is 1. The van der Waals surface area contributed by atoms with Crippen LogP contribution in [0.1, 0.15) is 26.3 Å². The zero-order chi connectivity index (χ0) is 21.6. The van der Waals surface area contributed by atoms with Crippen LogP contribution < -0.4 is 10.2 Å². The van der Waals surface area contributed by atoms with Gasteiger partial charge in [-0.3, -0.25) is 4.79 Å². The summed E-state index contributed by atoms with van der Waals surface area (Å²) in [5.74, 6) is -0.180. The SMILES string of the molecule is CC(C)(C)OC=O.Fc1cccc(Cn2ccc3c(N4CCNCC4)cccc32)c1. The topological polar surface area (TPSA) is 46.5 Å². The van der Waals surface area contributed by atoms with Crippen molar-refractivity contribution in [3.63, 3.8) is 0 Å². The van der Waals surface area contributed by atoms with Gasteiger partial charge in [0, 0.05) is 50.0 Å². The number of halogens is 1. The van der Waals surface area contributed by atoms with Crippen LogP contribution in [0.15, 0.2) is 54.7 Å². The number of hydrogen-bond donors (Lipinski definition) is 1. The molecule has 0 aliphatic carbocycles. The average Bonchev–Trinajstić information content (AvgIpc) is 3.11. The van der Waals surface area contributed by atoms with Gasteiger partial charge in [-0.15, -0.1) is 0 Å². The third kappa shape index (κ3) is 5.83. The Kier molecular flexibility index (Phi) is 7.11. The quantitative estimate of drug-likeness (QED) is 0.654. The lowest BCUT2D eigenvalue weighted by atomic mass is 10.1. The lowest BCUT2D eigenvalue weighted by Gasteiger charge is -2.30. The Labute approximate surface area is 177 Å². The molecule has 160 valence electrons. The van der Waals surface area contributed by atoms with Crippen molar-refractivity contribution >= 4 is 23.1 Å². The summed E-state index contributed by atoms with van der Waals surface area (Å²) in [5, 5.41) is 4.66. The Morgan fingerprint density at radius 3 is 2.47 bits per heavy atom. The van der Waals surface area contributed by atoms with Crippen LogP contribution in [-0.2, 0) is 16.1 Å². The lowest BCUT2D eigenvalue weighted by molar-refractivity contribution is -0.138. The molecule has 1 aliphatic rings. The maximum Gasteiger partial charge on any atom is 0.293 e. The van der Waals surface area contributed by atoms with Crippen LogP contribution in [0.2, 0.25) is 0 Å². The van der Waals surface area contributed by atoms with Crippen LogP contribution in [0.4, 0.5) is 10.1 Å². The minimum atomic E-state index is -0.318. The summed E-state index contributed by atoms with van der Waals surface area (Å²) in [4.78, 5) is 12.0. The smallest absolute Gasteiger partial charge is 0.293 e. The number of aromatic nitrogens is 1. The zero-order valence-electron chi connectivity index (χ0n) is 17.9. The van der Waals surface area contributed by atoms with Gasteiger partial charge in [-0.1, -0.05) is 18.2 Å². The first-order chi connectivity index (χ1) is 14.4. The summed E-state index contributed by atoms with van der Waals surface area (Å²) < 4.78 is 20.1. The number of nitrogens with one attached hydrogen (secondary N) is 1. The molecular formula is C24H30FN3O2. The fraction of sp³-hybridized carbons (Fsp3) is 0.375. The van der Waals surface area contributed by atoms with E-state index >= 15 is 0 Å². The zero-order valence-corrected chi connectivity index (χ0v) is 17.9. The van der Waals surface area contributed by atoms with E-state index in [9.17, 15) is 9.18 Å². The van der Waals surface area contributed by atoms with Crippen LogP contribution in [0, 0.1) is 5.82 Å². The lowest BCUT2D eigenvalue weighted by Crippen LogP contribution is -2.43. The molecule has 2 heterocycles. The number of rotatable bonds is 4. The molecule has 0 amide bonds. The Balaban J connectivity index is 0.000000318. The van der Waals surface area contributed by atoms with E-state index < -0.39 is 0 Å². The molecule has 1 fully saturated rings. The number of carbonyl (C=O) groups excluding carboxylic acids is 1. The summed E-state index contributed by atoms with van der Waals surface area (Å²) in [7, 11) is 0. The molecule has 0 atom stereocenters. The number of hydrogen-bond acceptors (Lipinski definition) is 4. The van der Waals surface area contributed by atoms with Gasteiger partial charge in [-0.05, 0) is 56.7 Å². The molecule has 0 saturated carbocycles. The third-order valence-electron chi connectivity index (χ3n) is 4.89. The maximum absolute atomic E-state index is 13.4. The molecule has 2 aromatic carbocycles. The highest BCUT2D eigenvalue weighted by Gasteiger charge is 2.14. The van der Waals surface area contributed by atoms with Gasteiger partial charge in [0.05, 0.1) is 5.52 Å². The second kappa shape index (κ2) is 9.76. The van der Waals surface area contributed by atoms with E-state index in [1.807, 2.05) is 26.8 Å². The molecule has 0 radical (unpaired) electrons. The number of piperazine rings is 1. The van der Waals surface area contributed by atoms with E-state index in [-0.39, 0.29) is 11.4 Å². The normalized spacial score (nSPS) is 14.2. The molecule has 1 saturated heterocycles. The van der Waals surface area contributed by atoms with Crippen molar-refractivity contribution in [3.05, 3.63) is 66.1 Å². The van der Waals surface area contributed by atoms with E-state index in [0.29, 0.717) is 13.0 Å². The summed E-state index contributed by atoms with van der Waals surface area (Å²) in [5.41, 5.74) is 3.16. The standard InChI is InChI=1S/C19H20FN3.C5H10O2/c20-16-4-1-3-15(13-16)14-23-10-7-17-18(5-2-6-19(17)23)22-11-8-21-9-12-22;1-5(2,3)7-4-6/h1-7,10,13,21H,8-9,11-12,14H2;4H,1-3H3.